The highest BCUT2D eigenvalue weighted by Gasteiger charge is 2.38. The standard InChI is InChI=1S/C63H63N.C3H6/c1-9-25-49(26-10-2)62-53(44-60(48-30-20-18-21-31-48)58(13-5)59(62)28-12-4)38-36-47-35-37-52-41-54(63(14-6,15-7)61(52)40-47)45-55(27-11-3)64(56-34-22-17-16-19-29-46(8)39-56)57-42-50-32-23-24-33-51(50)43-57;1-3-2/h9-13,16-21,23-38,40-42,44-45H,1,5,8,14-15,22,39,43H2,2-4,6-7H3;3H,1H2,2H3/b17-16-,26-10-,27-11-,28-12-,29-19-,38-36+,49-25+,55-45+,56-34+;. The number of allylic oxidation sites excluding steroid dienone is 18. The Morgan fingerprint density at radius 3 is 2.16 bits per heavy atom. The molecule has 0 heterocycles. The zero-order valence-electron chi connectivity index (χ0n) is 40.9. The van der Waals surface area contributed by atoms with Crippen molar-refractivity contribution in [2.45, 2.75) is 79.1 Å². The predicted molar refractivity (Wildman–Crippen MR) is 299 cm³/mol. The van der Waals surface area contributed by atoms with Crippen molar-refractivity contribution in [1.29, 1.82) is 0 Å². The minimum absolute atomic E-state index is 0.158. The van der Waals surface area contributed by atoms with Crippen molar-refractivity contribution in [3.8, 4) is 11.1 Å². The first-order valence-corrected chi connectivity index (χ1v) is 24.0. The molecule has 0 N–H and O–H groups in total. The summed E-state index contributed by atoms with van der Waals surface area (Å²) in [4.78, 5) is 2.52. The minimum atomic E-state index is -0.158. The highest BCUT2D eigenvalue weighted by molar-refractivity contribution is 5.95. The lowest BCUT2D eigenvalue weighted by molar-refractivity contribution is 0.479. The van der Waals surface area contributed by atoms with Crippen LogP contribution in [0, 0.1) is 0 Å². The van der Waals surface area contributed by atoms with Gasteiger partial charge in [-0.05, 0) is 149 Å². The van der Waals surface area contributed by atoms with Gasteiger partial charge in [0.05, 0.1) is 0 Å². The molecule has 0 atom stereocenters. The monoisotopic (exact) mass is 876 g/mol. The molecule has 0 saturated heterocycles. The second kappa shape index (κ2) is 23.8. The SMILES string of the molecule is C=C/C=C(\C=C/C)c1c(/C=C/c2ccc3c(c2)C(CC)(CC)C(/C=C(\C=C/C)N(C2=Cc4ccccc4C2)/C2=C/C/C=C\C=C/C(=C)C2)=C3)cc(-c2ccccc2)c(C=C)c1/C=C\C.C=CC. The Bertz CT molecular complexity index is 2820. The number of benzene rings is 4. The van der Waals surface area contributed by atoms with Crippen molar-refractivity contribution in [3.63, 3.8) is 0 Å². The molecule has 1 nitrogen and oxygen atoms in total. The molecule has 0 aromatic heterocycles. The van der Waals surface area contributed by atoms with Crippen molar-refractivity contribution in [3.05, 3.63) is 269 Å². The third kappa shape index (κ3) is 11.1. The van der Waals surface area contributed by atoms with Crippen LogP contribution in [0.3, 0.4) is 0 Å². The Morgan fingerprint density at radius 1 is 0.731 bits per heavy atom. The highest BCUT2D eigenvalue weighted by Crippen LogP contribution is 2.49. The predicted octanol–water partition coefficient (Wildman–Crippen LogP) is 18.7. The summed E-state index contributed by atoms with van der Waals surface area (Å²) in [5.74, 6) is 0. The van der Waals surface area contributed by atoms with E-state index in [9.17, 15) is 0 Å². The third-order valence-corrected chi connectivity index (χ3v) is 12.8. The summed E-state index contributed by atoms with van der Waals surface area (Å²) in [5.41, 5.74) is 20.5. The van der Waals surface area contributed by atoms with E-state index in [4.69, 9.17) is 0 Å². The van der Waals surface area contributed by atoms with Gasteiger partial charge in [0.25, 0.3) is 0 Å². The van der Waals surface area contributed by atoms with Crippen LogP contribution in [0.15, 0.2) is 218 Å². The number of nitrogens with zero attached hydrogens (tertiary/aromatic N) is 1. The van der Waals surface area contributed by atoms with E-state index in [0.717, 1.165) is 76.6 Å². The summed E-state index contributed by atoms with van der Waals surface area (Å²) in [5, 5.41) is 0. The van der Waals surface area contributed by atoms with Gasteiger partial charge in [0.15, 0.2) is 0 Å². The molecule has 3 aliphatic rings. The maximum Gasteiger partial charge on any atom is 0.0455 e. The molecule has 0 bridgehead atoms. The quantitative estimate of drug-likeness (QED) is 0.0653. The molecule has 0 amide bonds. The molecule has 0 aliphatic heterocycles. The molecular weight excluding hydrogens is 807 g/mol. The Morgan fingerprint density at radius 2 is 1.48 bits per heavy atom. The van der Waals surface area contributed by atoms with Crippen LogP contribution in [-0.4, -0.2) is 4.90 Å². The van der Waals surface area contributed by atoms with E-state index in [1.165, 1.54) is 50.5 Å². The molecule has 1 heteroatoms. The smallest absolute Gasteiger partial charge is 0.0455 e. The van der Waals surface area contributed by atoms with Gasteiger partial charge in [0.1, 0.15) is 0 Å². The Balaban J connectivity index is 0.00000240. The molecule has 4 aromatic rings. The molecule has 4 aromatic carbocycles. The molecule has 7 rings (SSSR count). The lowest BCUT2D eigenvalue weighted by atomic mass is 9.72. The van der Waals surface area contributed by atoms with E-state index in [-0.39, 0.29) is 5.41 Å². The zero-order chi connectivity index (χ0) is 47.8. The van der Waals surface area contributed by atoms with E-state index < -0.39 is 0 Å². The number of hydrogen-bond donors (Lipinski definition) is 0. The molecule has 67 heavy (non-hydrogen) atoms. The number of fused-ring (bicyclic) bond motifs is 2. The fourth-order valence-corrected chi connectivity index (χ4v) is 9.75. The zero-order valence-corrected chi connectivity index (χ0v) is 40.9. The van der Waals surface area contributed by atoms with Crippen LogP contribution < -0.4 is 0 Å². The minimum Gasteiger partial charge on any atom is -0.318 e. The van der Waals surface area contributed by atoms with Gasteiger partial charge in [-0.1, -0.05) is 210 Å². The lowest BCUT2D eigenvalue weighted by Crippen LogP contribution is -2.26. The molecule has 0 spiro atoms. The Kier molecular flexibility index (Phi) is 17.5. The van der Waals surface area contributed by atoms with Gasteiger partial charge in [-0.25, -0.2) is 0 Å². The van der Waals surface area contributed by atoms with Crippen LogP contribution >= 0.6 is 0 Å². The van der Waals surface area contributed by atoms with Crippen molar-refractivity contribution in [2.24, 2.45) is 0 Å². The largest absolute Gasteiger partial charge is 0.318 e. The molecule has 3 aliphatic carbocycles. The topological polar surface area (TPSA) is 3.24 Å². The van der Waals surface area contributed by atoms with Gasteiger partial charge in [-0.2, -0.15) is 0 Å². The van der Waals surface area contributed by atoms with E-state index in [1.54, 1.807) is 6.08 Å². The third-order valence-electron chi connectivity index (χ3n) is 12.8. The fraction of sp³-hybridized carbons (Fsp3) is 0.182. The van der Waals surface area contributed by atoms with Crippen molar-refractivity contribution >= 4 is 42.0 Å². The molecule has 338 valence electrons. The summed E-state index contributed by atoms with van der Waals surface area (Å²) in [6.07, 6.45) is 48.2. The van der Waals surface area contributed by atoms with E-state index in [2.05, 4.69) is 248 Å². The summed E-state index contributed by atoms with van der Waals surface area (Å²) >= 11 is 0. The first kappa shape index (κ1) is 49.2. The van der Waals surface area contributed by atoms with E-state index in [0.29, 0.717) is 0 Å². The van der Waals surface area contributed by atoms with Crippen LogP contribution in [0.4, 0.5) is 0 Å². The van der Waals surface area contributed by atoms with Gasteiger partial charge < -0.3 is 4.90 Å². The second-order valence-electron chi connectivity index (χ2n) is 17.1. The summed E-state index contributed by atoms with van der Waals surface area (Å²) < 4.78 is 0. The molecule has 0 saturated carbocycles. The molecule has 0 radical (unpaired) electrons. The fourth-order valence-electron chi connectivity index (χ4n) is 9.75. The van der Waals surface area contributed by atoms with Gasteiger partial charge in [-0.3, -0.25) is 0 Å². The lowest BCUT2D eigenvalue weighted by Gasteiger charge is -2.34. The van der Waals surface area contributed by atoms with E-state index >= 15 is 0 Å². The van der Waals surface area contributed by atoms with Crippen LogP contribution in [0.2, 0.25) is 0 Å². The highest BCUT2D eigenvalue weighted by atomic mass is 15.2. The molecule has 0 fully saturated rings. The van der Waals surface area contributed by atoms with Crippen molar-refractivity contribution in [2.75, 3.05) is 0 Å². The van der Waals surface area contributed by atoms with Crippen LogP contribution in [0.25, 0.3) is 53.2 Å². The Labute approximate surface area is 403 Å². The maximum absolute atomic E-state index is 4.47. The average molecular weight is 876 g/mol. The van der Waals surface area contributed by atoms with Gasteiger partial charge >= 0.3 is 0 Å². The Hall–Kier alpha value is -7.22. The second-order valence-corrected chi connectivity index (χ2v) is 17.1. The maximum atomic E-state index is 4.47. The van der Waals surface area contributed by atoms with Crippen molar-refractivity contribution in [1.82, 2.24) is 4.90 Å². The summed E-state index contributed by atoms with van der Waals surface area (Å²) in [6.45, 7) is 29.1. The van der Waals surface area contributed by atoms with Crippen LogP contribution in [0.1, 0.15) is 117 Å². The summed E-state index contributed by atoms with van der Waals surface area (Å²) in [7, 11) is 0. The van der Waals surface area contributed by atoms with Gasteiger partial charge in [-0.15, -0.1) is 6.58 Å². The van der Waals surface area contributed by atoms with Gasteiger partial charge in [0, 0.05) is 35.3 Å². The first-order valence-electron chi connectivity index (χ1n) is 24.0. The molecule has 0 unspecified atom stereocenters. The van der Waals surface area contributed by atoms with Gasteiger partial charge in [0.2, 0.25) is 0 Å². The first-order chi connectivity index (χ1) is 32.7. The number of rotatable bonds is 15. The van der Waals surface area contributed by atoms with Crippen LogP contribution in [-0.2, 0) is 11.8 Å². The number of hydrogen-bond acceptors (Lipinski definition) is 1. The van der Waals surface area contributed by atoms with Crippen LogP contribution in [0.5, 0.6) is 0 Å². The van der Waals surface area contributed by atoms with Crippen molar-refractivity contribution < 1.29 is 0 Å². The summed E-state index contributed by atoms with van der Waals surface area (Å²) in [6, 6.07) is 28.8. The normalized spacial score (nSPS) is 17.4. The molecular formula is C66H69N. The van der Waals surface area contributed by atoms with E-state index in [1.807, 2.05) is 19.1 Å². The average Bonchev–Trinajstić information content (AvgIpc) is 3.93.